The fourth-order valence-corrected chi connectivity index (χ4v) is 5.66. The molecule has 1 fully saturated rings. The van der Waals surface area contributed by atoms with E-state index in [1.54, 1.807) is 46.6 Å². The molecule has 1 saturated heterocycles. The number of carbonyl (C=O) groups is 2. The predicted molar refractivity (Wildman–Crippen MR) is 129 cm³/mol. The summed E-state index contributed by atoms with van der Waals surface area (Å²) in [5, 5.41) is 5.81. The summed E-state index contributed by atoms with van der Waals surface area (Å²) in [6.45, 7) is 3.42. The second-order valence-corrected chi connectivity index (χ2v) is 10.1. The first kappa shape index (κ1) is 25.6. The van der Waals surface area contributed by atoms with Gasteiger partial charge in [-0.1, -0.05) is 21.6 Å². The number of nitrogens with one attached hydrogen (secondary N) is 2. The molecule has 0 bridgehead atoms. The second kappa shape index (κ2) is 15.0. The predicted octanol–water partition coefficient (Wildman–Crippen LogP) is 1.35. The minimum atomic E-state index is -0.0757. The molecule has 2 unspecified atom stereocenters. The van der Waals surface area contributed by atoms with Gasteiger partial charge in [0.15, 0.2) is 0 Å². The van der Waals surface area contributed by atoms with E-state index in [2.05, 4.69) is 20.6 Å². The van der Waals surface area contributed by atoms with Crippen molar-refractivity contribution in [3.63, 3.8) is 0 Å². The van der Waals surface area contributed by atoms with Crippen molar-refractivity contribution in [2.24, 2.45) is 0 Å². The van der Waals surface area contributed by atoms with Gasteiger partial charge in [-0.15, -0.1) is 0 Å². The molecule has 2 N–H and O–H groups in total. The Bertz CT molecular complexity index is 806. The summed E-state index contributed by atoms with van der Waals surface area (Å²) in [4.78, 5) is 32.0. The number of hydrogen-bond acceptors (Lipinski definition) is 8. The Labute approximate surface area is 202 Å². The number of imidazole rings is 2. The molecule has 33 heavy (non-hydrogen) atoms. The first-order chi connectivity index (χ1) is 16.2. The number of aryl methyl sites for hydroxylation is 1. The molecule has 182 valence electrons. The van der Waals surface area contributed by atoms with E-state index in [0.29, 0.717) is 45.7 Å². The lowest BCUT2D eigenvalue weighted by molar-refractivity contribution is -0.126. The van der Waals surface area contributed by atoms with Crippen LogP contribution in [-0.4, -0.2) is 80.9 Å². The molecule has 0 spiro atoms. The summed E-state index contributed by atoms with van der Waals surface area (Å²) < 4.78 is 15.8. The molecule has 0 radical (unpaired) electrons. The summed E-state index contributed by atoms with van der Waals surface area (Å²) in [6.07, 6.45) is 12.1. The number of nitrogens with zero attached hydrogens (tertiary/aromatic N) is 4. The van der Waals surface area contributed by atoms with Crippen molar-refractivity contribution in [3.05, 3.63) is 37.4 Å². The first-order valence-corrected chi connectivity index (χ1v) is 13.6. The zero-order chi connectivity index (χ0) is 23.1. The summed E-state index contributed by atoms with van der Waals surface area (Å²) in [5.74, 6) is 1.57. The number of rotatable bonds is 15. The van der Waals surface area contributed by atoms with Gasteiger partial charge in [-0.2, -0.15) is 0 Å². The van der Waals surface area contributed by atoms with Crippen molar-refractivity contribution in [2.45, 2.75) is 44.6 Å². The van der Waals surface area contributed by atoms with Crippen LogP contribution in [0, 0.1) is 0 Å². The molecule has 12 heteroatoms. The molecule has 1 aliphatic heterocycles. The Balaban J connectivity index is 1.23. The lowest BCUT2D eigenvalue weighted by Gasteiger charge is -2.30. The van der Waals surface area contributed by atoms with Crippen molar-refractivity contribution >= 4 is 33.4 Å². The van der Waals surface area contributed by atoms with Gasteiger partial charge in [0.2, 0.25) is 11.8 Å². The van der Waals surface area contributed by atoms with E-state index in [4.69, 9.17) is 9.47 Å². The SMILES string of the molecule is O=C(CCOC1CSSCC1OCCC(=O)NCCn1ccnc1)NCCCn1ccnc1. The highest BCUT2D eigenvalue weighted by atomic mass is 33.1. The van der Waals surface area contributed by atoms with E-state index in [1.807, 2.05) is 21.5 Å². The molecule has 3 rings (SSSR count). The van der Waals surface area contributed by atoms with Crippen molar-refractivity contribution in [1.82, 2.24) is 29.7 Å². The molecular weight excluding hydrogens is 464 g/mol. The molecule has 3 heterocycles. The van der Waals surface area contributed by atoms with E-state index < -0.39 is 0 Å². The molecule has 0 aromatic carbocycles. The van der Waals surface area contributed by atoms with Crippen LogP contribution >= 0.6 is 21.6 Å². The normalized spacial score (nSPS) is 18.2. The van der Waals surface area contributed by atoms with Crippen molar-refractivity contribution in [3.8, 4) is 0 Å². The highest BCUT2D eigenvalue weighted by Gasteiger charge is 2.28. The zero-order valence-corrected chi connectivity index (χ0v) is 20.3. The third-order valence-electron chi connectivity index (χ3n) is 5.01. The van der Waals surface area contributed by atoms with Crippen LogP contribution in [0.25, 0.3) is 0 Å². The van der Waals surface area contributed by atoms with Gasteiger partial charge in [-0.05, 0) is 6.42 Å². The van der Waals surface area contributed by atoms with Gasteiger partial charge in [0.25, 0.3) is 0 Å². The smallest absolute Gasteiger partial charge is 0.222 e. The fourth-order valence-electron chi connectivity index (χ4n) is 3.19. The van der Waals surface area contributed by atoms with Gasteiger partial charge in [0.05, 0.1) is 38.1 Å². The summed E-state index contributed by atoms with van der Waals surface area (Å²) >= 11 is 0. The zero-order valence-electron chi connectivity index (χ0n) is 18.6. The largest absolute Gasteiger partial charge is 0.374 e. The topological polar surface area (TPSA) is 112 Å². The maximum absolute atomic E-state index is 12.0. The Morgan fingerprint density at radius 3 is 1.94 bits per heavy atom. The molecule has 10 nitrogen and oxygen atoms in total. The van der Waals surface area contributed by atoms with E-state index in [-0.39, 0.29) is 24.0 Å². The standard InChI is InChI=1S/C21H32N6O4S2/c28-20(24-4-1-8-26-9-5-22-16-26)2-12-30-18-14-32-33-15-19(18)31-13-3-21(29)25-7-11-27-10-6-23-17-27/h5-6,9-10,16-19H,1-4,7-8,11-15H2,(H,24,28)(H,25,29). The summed E-state index contributed by atoms with van der Waals surface area (Å²) in [5.41, 5.74) is 0. The molecule has 2 amide bonds. The van der Waals surface area contributed by atoms with Crippen LogP contribution < -0.4 is 10.6 Å². The number of ether oxygens (including phenoxy) is 2. The van der Waals surface area contributed by atoms with Gasteiger partial charge in [0.1, 0.15) is 0 Å². The number of carbonyl (C=O) groups excluding carboxylic acids is 2. The average Bonchev–Trinajstić information content (AvgIpc) is 3.52. The third kappa shape index (κ3) is 10.2. The quantitative estimate of drug-likeness (QED) is 0.281. The van der Waals surface area contributed by atoms with Crippen LogP contribution in [0.1, 0.15) is 19.3 Å². The number of aromatic nitrogens is 4. The summed E-state index contributed by atoms with van der Waals surface area (Å²) in [6, 6.07) is 0. The fraction of sp³-hybridized carbons (Fsp3) is 0.619. The minimum Gasteiger partial charge on any atom is -0.374 e. The van der Waals surface area contributed by atoms with Crippen molar-refractivity contribution < 1.29 is 19.1 Å². The molecular formula is C21H32N6O4S2. The van der Waals surface area contributed by atoms with Crippen LogP contribution in [0.4, 0.5) is 0 Å². The number of amides is 2. The minimum absolute atomic E-state index is 0.0108. The van der Waals surface area contributed by atoms with Crippen LogP contribution in [0.15, 0.2) is 37.4 Å². The second-order valence-electron chi connectivity index (χ2n) is 7.54. The Morgan fingerprint density at radius 1 is 0.848 bits per heavy atom. The Morgan fingerprint density at radius 2 is 1.39 bits per heavy atom. The molecule has 0 aliphatic carbocycles. The van der Waals surface area contributed by atoms with E-state index >= 15 is 0 Å². The molecule has 2 atom stereocenters. The van der Waals surface area contributed by atoms with Gasteiger partial charge < -0.3 is 29.2 Å². The lowest BCUT2D eigenvalue weighted by atomic mass is 10.2. The first-order valence-electron chi connectivity index (χ1n) is 11.1. The molecule has 2 aromatic heterocycles. The highest BCUT2D eigenvalue weighted by Crippen LogP contribution is 2.32. The number of hydrogen-bond donors (Lipinski definition) is 2. The van der Waals surface area contributed by atoms with E-state index in [1.165, 1.54) is 0 Å². The third-order valence-corrected chi connectivity index (χ3v) is 7.42. The van der Waals surface area contributed by atoms with Crippen LogP contribution in [0.2, 0.25) is 0 Å². The van der Waals surface area contributed by atoms with Gasteiger partial charge in [-0.3, -0.25) is 9.59 Å². The average molecular weight is 497 g/mol. The summed E-state index contributed by atoms with van der Waals surface area (Å²) in [7, 11) is 3.49. The van der Waals surface area contributed by atoms with Crippen LogP contribution in [0.5, 0.6) is 0 Å². The van der Waals surface area contributed by atoms with Gasteiger partial charge in [-0.25, -0.2) is 9.97 Å². The Hall–Kier alpha value is -2.02. The van der Waals surface area contributed by atoms with Gasteiger partial charge in [0, 0.05) is 75.3 Å². The van der Waals surface area contributed by atoms with Crippen molar-refractivity contribution in [2.75, 3.05) is 37.8 Å². The van der Waals surface area contributed by atoms with E-state index in [0.717, 1.165) is 24.5 Å². The Kier molecular flexibility index (Phi) is 11.6. The maximum atomic E-state index is 12.0. The van der Waals surface area contributed by atoms with Crippen molar-refractivity contribution in [1.29, 1.82) is 0 Å². The molecule has 0 saturated carbocycles. The maximum Gasteiger partial charge on any atom is 0.222 e. The van der Waals surface area contributed by atoms with Crippen LogP contribution in [-0.2, 0) is 32.2 Å². The molecule has 2 aromatic rings. The van der Waals surface area contributed by atoms with E-state index in [9.17, 15) is 9.59 Å². The van der Waals surface area contributed by atoms with Crippen LogP contribution in [0.3, 0.4) is 0 Å². The monoisotopic (exact) mass is 496 g/mol. The highest BCUT2D eigenvalue weighted by molar-refractivity contribution is 8.76. The molecule has 1 aliphatic rings. The van der Waals surface area contributed by atoms with Gasteiger partial charge >= 0.3 is 0 Å². The lowest BCUT2D eigenvalue weighted by Crippen LogP contribution is -2.39.